The highest BCUT2D eigenvalue weighted by Crippen LogP contribution is 2.44. The Morgan fingerprint density at radius 1 is 1.31 bits per heavy atom. The Morgan fingerprint density at radius 3 is 2.47 bits per heavy atom. The lowest BCUT2D eigenvalue weighted by molar-refractivity contribution is 0.579. The van der Waals surface area contributed by atoms with Crippen molar-refractivity contribution in [3.63, 3.8) is 0 Å². The quantitative estimate of drug-likeness (QED) is 0.170. The van der Waals surface area contributed by atoms with Crippen molar-refractivity contribution >= 4 is 34.7 Å². The van der Waals surface area contributed by atoms with E-state index in [9.17, 15) is 13.6 Å². The molecule has 0 bridgehead atoms. The number of aryl methyl sites for hydroxylation is 2. The summed E-state index contributed by atoms with van der Waals surface area (Å²) in [6.07, 6.45) is 5.19. The number of hydrogen-bond acceptors (Lipinski definition) is 5. The lowest BCUT2D eigenvalue weighted by atomic mass is 9.98. The highest BCUT2D eigenvalue weighted by Gasteiger charge is 2.33. The third-order valence-corrected chi connectivity index (χ3v) is 6.81. The highest BCUT2D eigenvalue weighted by atomic mass is 32.2. The van der Waals surface area contributed by atoms with E-state index in [4.69, 9.17) is 4.99 Å². The summed E-state index contributed by atoms with van der Waals surface area (Å²) in [5, 5.41) is 13.3. The molecule has 1 aromatic carbocycles. The number of anilines is 2. The van der Waals surface area contributed by atoms with Crippen molar-refractivity contribution in [2.45, 2.75) is 31.6 Å². The van der Waals surface area contributed by atoms with Gasteiger partial charge in [-0.1, -0.05) is 6.58 Å². The molecule has 2 heterocycles. The smallest absolute Gasteiger partial charge is 0.274 e. The maximum Gasteiger partial charge on any atom is 0.274 e. The van der Waals surface area contributed by atoms with Gasteiger partial charge in [-0.2, -0.15) is 5.10 Å². The van der Waals surface area contributed by atoms with Crippen LogP contribution in [-0.2, 0) is 7.05 Å². The molecule has 0 saturated heterocycles. The molecule has 4 rings (SSSR count). The first-order chi connectivity index (χ1) is 17.1. The average Bonchev–Trinajstić information content (AvgIpc) is 3.49. The van der Waals surface area contributed by atoms with E-state index in [-0.39, 0.29) is 17.2 Å². The molecule has 1 fully saturated rings. The fourth-order valence-corrected chi connectivity index (χ4v) is 4.36. The Morgan fingerprint density at radius 2 is 1.97 bits per heavy atom. The average molecular weight is 514 g/mol. The van der Waals surface area contributed by atoms with Crippen molar-refractivity contribution in [1.29, 1.82) is 0 Å². The summed E-state index contributed by atoms with van der Waals surface area (Å²) in [6, 6.07) is 4.42. The maximum atomic E-state index is 14.8. The largest absolute Gasteiger partial charge is 0.328 e. The number of rotatable bonds is 8. The summed E-state index contributed by atoms with van der Waals surface area (Å²) in [4.78, 5) is 19.3. The van der Waals surface area contributed by atoms with Crippen molar-refractivity contribution in [1.82, 2.24) is 20.0 Å². The van der Waals surface area contributed by atoms with Crippen LogP contribution in [0.1, 0.15) is 31.0 Å². The van der Waals surface area contributed by atoms with Gasteiger partial charge in [0.25, 0.3) is 5.56 Å². The zero-order valence-electron chi connectivity index (χ0n) is 20.9. The number of aromatic nitrogens is 4. The van der Waals surface area contributed by atoms with Gasteiger partial charge in [-0.15, -0.1) is 11.8 Å². The van der Waals surface area contributed by atoms with Gasteiger partial charge in [-0.25, -0.2) is 13.8 Å². The first kappa shape index (κ1) is 25.5. The van der Waals surface area contributed by atoms with Crippen LogP contribution in [0.2, 0.25) is 0 Å². The minimum atomic E-state index is -0.680. The molecule has 3 N–H and O–H groups in total. The number of thioether (sulfide) groups is 1. The molecule has 2 aromatic heterocycles. The number of amidine groups is 1. The Hall–Kier alpha value is -3.60. The topological polar surface area (TPSA) is 94.1 Å². The van der Waals surface area contributed by atoms with E-state index < -0.39 is 11.6 Å². The molecule has 0 atom stereocenters. The molecular weight excluding hydrogens is 484 g/mol. The predicted molar refractivity (Wildman–Crippen MR) is 141 cm³/mol. The van der Waals surface area contributed by atoms with E-state index in [1.54, 1.807) is 33.5 Å². The number of hydrogen-bond donors (Lipinski definition) is 3. The molecule has 190 valence electrons. The van der Waals surface area contributed by atoms with Crippen molar-refractivity contribution in [2.24, 2.45) is 18.0 Å². The van der Waals surface area contributed by atoms with E-state index in [1.807, 2.05) is 13.0 Å². The molecule has 8 nitrogen and oxygen atoms in total. The van der Waals surface area contributed by atoms with Crippen LogP contribution in [0.5, 0.6) is 0 Å². The first-order valence-electron chi connectivity index (χ1n) is 11.4. The summed E-state index contributed by atoms with van der Waals surface area (Å²) < 4.78 is 31.1. The summed E-state index contributed by atoms with van der Waals surface area (Å²) in [5.41, 5.74) is 2.18. The molecule has 0 radical (unpaired) electrons. The standard InChI is InChI=1S/C25H29F2N7OS/c1-13-9-21(32-31-13)30-24(22(16-7-8-16)14(2)18-12-28-34(5)25(18)35)29-15(3)33(4)23-19(26)10-17(36-6)11-20(23)27/h9-12,16,28H,2,7-8H2,1,3-6H3,(H2,30,31,32)/b24-22-,29-15+. The van der Waals surface area contributed by atoms with Gasteiger partial charge in [0.1, 0.15) is 17.3 Å². The van der Waals surface area contributed by atoms with E-state index in [0.29, 0.717) is 33.5 Å². The second-order valence-electron chi connectivity index (χ2n) is 8.79. The number of nitrogens with one attached hydrogen (secondary N) is 3. The molecule has 3 aromatic rings. The Balaban J connectivity index is 1.82. The number of H-pyrrole nitrogens is 2. The number of aliphatic imine (C=N–C) groups is 1. The van der Waals surface area contributed by atoms with Crippen LogP contribution in [0.25, 0.3) is 5.57 Å². The number of allylic oxidation sites excluding steroid dienone is 2. The van der Waals surface area contributed by atoms with Gasteiger partial charge in [0.15, 0.2) is 17.5 Å². The van der Waals surface area contributed by atoms with E-state index >= 15 is 0 Å². The van der Waals surface area contributed by atoms with Crippen LogP contribution in [0.4, 0.5) is 20.3 Å². The lowest BCUT2D eigenvalue weighted by Gasteiger charge is -2.22. The van der Waals surface area contributed by atoms with Gasteiger partial charge < -0.3 is 15.3 Å². The molecule has 0 aliphatic heterocycles. The third kappa shape index (κ3) is 5.15. The molecule has 1 saturated carbocycles. The van der Waals surface area contributed by atoms with Gasteiger partial charge in [0.05, 0.1) is 5.56 Å². The SMILES string of the molecule is C=C(/C(=C(\N=C(/C)N(C)c1c(F)cc(SC)cc1F)Nc1cc(C)[nH]n1)C1CC1)c1c[nH]n(C)c1=O. The summed E-state index contributed by atoms with van der Waals surface area (Å²) in [6.45, 7) is 7.76. The first-order valence-corrected chi connectivity index (χ1v) is 12.6. The van der Waals surface area contributed by atoms with Gasteiger partial charge in [-0.05, 0) is 56.6 Å². The number of nitrogens with zero attached hydrogens (tertiary/aromatic N) is 4. The van der Waals surface area contributed by atoms with Gasteiger partial charge in [0, 0.05) is 42.5 Å². The minimum absolute atomic E-state index is 0.135. The number of halogens is 2. The summed E-state index contributed by atoms with van der Waals surface area (Å²) >= 11 is 1.26. The van der Waals surface area contributed by atoms with Crippen molar-refractivity contribution in [3.05, 3.63) is 75.6 Å². The minimum Gasteiger partial charge on any atom is -0.328 e. The Bertz CT molecular complexity index is 1400. The summed E-state index contributed by atoms with van der Waals surface area (Å²) in [5.74, 6) is 0.0589. The predicted octanol–water partition coefficient (Wildman–Crippen LogP) is 5.05. The van der Waals surface area contributed by atoms with E-state index in [1.165, 1.54) is 33.5 Å². The van der Waals surface area contributed by atoms with Crippen LogP contribution in [0, 0.1) is 24.5 Å². The monoisotopic (exact) mass is 513 g/mol. The molecule has 0 spiro atoms. The highest BCUT2D eigenvalue weighted by molar-refractivity contribution is 7.98. The molecule has 11 heteroatoms. The fourth-order valence-electron chi connectivity index (χ4n) is 3.92. The molecule has 0 amide bonds. The second kappa shape index (κ2) is 10.2. The van der Waals surface area contributed by atoms with Crippen molar-refractivity contribution < 1.29 is 8.78 Å². The van der Waals surface area contributed by atoms with Crippen molar-refractivity contribution in [2.75, 3.05) is 23.5 Å². The van der Waals surface area contributed by atoms with Crippen LogP contribution in [0.15, 0.2) is 57.1 Å². The normalized spacial score (nSPS) is 14.6. The zero-order chi connectivity index (χ0) is 26.1. The molecule has 1 aliphatic rings. The van der Waals surface area contributed by atoms with Gasteiger partial charge in [-0.3, -0.25) is 14.6 Å². The lowest BCUT2D eigenvalue weighted by Crippen LogP contribution is -2.26. The van der Waals surface area contributed by atoms with E-state index in [0.717, 1.165) is 24.1 Å². The molecule has 1 aliphatic carbocycles. The number of benzene rings is 1. The molecular formula is C25H29F2N7OS. The van der Waals surface area contributed by atoms with Gasteiger partial charge in [0.2, 0.25) is 0 Å². The number of aromatic amines is 2. The van der Waals surface area contributed by atoms with Crippen LogP contribution >= 0.6 is 11.8 Å². The second-order valence-corrected chi connectivity index (χ2v) is 9.66. The van der Waals surface area contributed by atoms with Crippen LogP contribution in [0.3, 0.4) is 0 Å². The van der Waals surface area contributed by atoms with E-state index in [2.05, 4.69) is 27.2 Å². The fraction of sp³-hybridized carbons (Fsp3) is 0.320. The Labute approximate surface area is 212 Å². The maximum absolute atomic E-state index is 14.8. The summed E-state index contributed by atoms with van der Waals surface area (Å²) in [7, 11) is 3.19. The molecule has 36 heavy (non-hydrogen) atoms. The van der Waals surface area contributed by atoms with Gasteiger partial charge >= 0.3 is 0 Å². The zero-order valence-corrected chi connectivity index (χ0v) is 21.7. The van der Waals surface area contributed by atoms with Crippen LogP contribution in [-0.4, -0.2) is 39.1 Å². The molecule has 0 unspecified atom stereocenters. The Kier molecular flexibility index (Phi) is 7.21. The van der Waals surface area contributed by atoms with Crippen LogP contribution < -0.4 is 15.8 Å². The van der Waals surface area contributed by atoms with Crippen molar-refractivity contribution in [3.8, 4) is 0 Å². The third-order valence-electron chi connectivity index (χ3n) is 6.10.